The summed E-state index contributed by atoms with van der Waals surface area (Å²) in [6, 6.07) is 18.9. The van der Waals surface area contributed by atoms with E-state index in [4.69, 9.17) is 0 Å². The van der Waals surface area contributed by atoms with E-state index >= 15 is 0 Å². The normalized spacial score (nSPS) is 15.5. The second-order valence-corrected chi connectivity index (χ2v) is 7.46. The number of benzene rings is 2. The number of amides is 1. The zero-order valence-corrected chi connectivity index (χ0v) is 15.4. The molecule has 1 fully saturated rings. The van der Waals surface area contributed by atoms with Gasteiger partial charge in [-0.15, -0.1) is 0 Å². The van der Waals surface area contributed by atoms with Gasteiger partial charge in [-0.1, -0.05) is 48.5 Å². The van der Waals surface area contributed by atoms with Crippen LogP contribution in [-0.2, 0) is 17.6 Å². The zero-order valence-electron chi connectivity index (χ0n) is 15.4. The minimum Gasteiger partial charge on any atom is -0.358 e. The molecular weight excluding hydrogens is 320 g/mol. The molecule has 1 aromatic heterocycles. The number of H-pyrrole nitrogens is 1. The van der Waals surface area contributed by atoms with Crippen molar-refractivity contribution >= 4 is 16.8 Å². The SMILES string of the molecule is Cc1[nH]c2ccccc2c1CC(=O)N1CCC(Cc2ccccc2)CC1. The van der Waals surface area contributed by atoms with Crippen molar-refractivity contribution in [3.05, 3.63) is 71.4 Å². The molecule has 26 heavy (non-hydrogen) atoms. The predicted molar refractivity (Wildman–Crippen MR) is 106 cm³/mol. The van der Waals surface area contributed by atoms with Gasteiger partial charge in [0.1, 0.15) is 0 Å². The van der Waals surface area contributed by atoms with Crippen LogP contribution in [0.3, 0.4) is 0 Å². The molecular formula is C23H26N2O. The fourth-order valence-corrected chi connectivity index (χ4v) is 4.16. The molecule has 1 N–H and O–H groups in total. The summed E-state index contributed by atoms with van der Waals surface area (Å²) in [5.74, 6) is 0.951. The smallest absolute Gasteiger partial charge is 0.227 e. The average Bonchev–Trinajstić information content (AvgIpc) is 2.98. The number of rotatable bonds is 4. The standard InChI is InChI=1S/C23H26N2O/c1-17-21(20-9-5-6-10-22(20)24-17)16-23(26)25-13-11-19(12-14-25)15-18-7-3-2-4-8-18/h2-10,19,24H,11-16H2,1H3. The quantitative estimate of drug-likeness (QED) is 0.742. The van der Waals surface area contributed by atoms with Crippen LogP contribution >= 0.6 is 0 Å². The fraction of sp³-hybridized carbons (Fsp3) is 0.348. The highest BCUT2D eigenvalue weighted by atomic mass is 16.2. The average molecular weight is 346 g/mol. The van der Waals surface area contributed by atoms with Crippen molar-refractivity contribution in [2.24, 2.45) is 5.92 Å². The summed E-state index contributed by atoms with van der Waals surface area (Å²) in [5.41, 5.74) is 4.79. The lowest BCUT2D eigenvalue weighted by Gasteiger charge is -2.32. The summed E-state index contributed by atoms with van der Waals surface area (Å²) in [4.78, 5) is 18.3. The number of aryl methyl sites for hydroxylation is 1. The van der Waals surface area contributed by atoms with Crippen LogP contribution in [0.25, 0.3) is 10.9 Å². The molecule has 3 nitrogen and oxygen atoms in total. The van der Waals surface area contributed by atoms with Crippen LogP contribution in [0.4, 0.5) is 0 Å². The van der Waals surface area contributed by atoms with Crippen LogP contribution in [0.2, 0.25) is 0 Å². The number of carbonyl (C=O) groups excluding carboxylic acids is 1. The Kier molecular flexibility index (Phi) is 4.79. The lowest BCUT2D eigenvalue weighted by Crippen LogP contribution is -2.39. The Hall–Kier alpha value is -2.55. The zero-order chi connectivity index (χ0) is 17.9. The molecule has 2 heterocycles. The van der Waals surface area contributed by atoms with Crippen molar-refractivity contribution in [3.63, 3.8) is 0 Å². The molecule has 0 radical (unpaired) electrons. The molecule has 0 bridgehead atoms. The van der Waals surface area contributed by atoms with E-state index in [2.05, 4.69) is 59.3 Å². The van der Waals surface area contributed by atoms with Crippen molar-refractivity contribution in [1.82, 2.24) is 9.88 Å². The summed E-state index contributed by atoms with van der Waals surface area (Å²) in [6.07, 6.45) is 3.84. The molecule has 3 aromatic rings. The molecule has 1 saturated heterocycles. The molecule has 1 amide bonds. The maximum Gasteiger partial charge on any atom is 0.227 e. The van der Waals surface area contributed by atoms with Crippen LogP contribution in [-0.4, -0.2) is 28.9 Å². The first kappa shape index (κ1) is 16.9. The van der Waals surface area contributed by atoms with Crippen LogP contribution in [0.15, 0.2) is 54.6 Å². The molecule has 0 saturated carbocycles. The van der Waals surface area contributed by atoms with Crippen molar-refractivity contribution in [3.8, 4) is 0 Å². The largest absolute Gasteiger partial charge is 0.358 e. The van der Waals surface area contributed by atoms with Gasteiger partial charge in [-0.2, -0.15) is 0 Å². The molecule has 4 rings (SSSR count). The van der Waals surface area contributed by atoms with Crippen LogP contribution in [0.1, 0.15) is 29.7 Å². The number of nitrogens with zero attached hydrogens (tertiary/aromatic N) is 1. The van der Waals surface area contributed by atoms with Gasteiger partial charge in [0.25, 0.3) is 0 Å². The number of likely N-dealkylation sites (tertiary alicyclic amines) is 1. The van der Waals surface area contributed by atoms with E-state index in [1.165, 1.54) is 10.9 Å². The number of hydrogen-bond donors (Lipinski definition) is 1. The molecule has 0 spiro atoms. The van der Waals surface area contributed by atoms with E-state index in [0.29, 0.717) is 12.3 Å². The Bertz CT molecular complexity index is 889. The third-order valence-electron chi connectivity index (χ3n) is 5.69. The third-order valence-corrected chi connectivity index (χ3v) is 5.69. The number of hydrogen-bond acceptors (Lipinski definition) is 1. The maximum atomic E-state index is 12.8. The van der Waals surface area contributed by atoms with Crippen molar-refractivity contribution in [2.75, 3.05) is 13.1 Å². The van der Waals surface area contributed by atoms with Gasteiger partial charge in [0.2, 0.25) is 5.91 Å². The summed E-state index contributed by atoms with van der Waals surface area (Å²) in [6.45, 7) is 3.84. The van der Waals surface area contributed by atoms with Crippen molar-refractivity contribution < 1.29 is 4.79 Å². The first-order chi connectivity index (χ1) is 12.7. The van der Waals surface area contributed by atoms with Crippen LogP contribution < -0.4 is 0 Å². The van der Waals surface area contributed by atoms with Gasteiger partial charge in [0, 0.05) is 29.7 Å². The summed E-state index contributed by atoms with van der Waals surface area (Å²) in [5, 5.41) is 1.18. The van der Waals surface area contributed by atoms with Gasteiger partial charge >= 0.3 is 0 Å². The third kappa shape index (κ3) is 3.52. The minimum absolute atomic E-state index is 0.260. The second kappa shape index (κ2) is 7.36. The van der Waals surface area contributed by atoms with Gasteiger partial charge < -0.3 is 9.88 Å². The predicted octanol–water partition coefficient (Wildman–Crippen LogP) is 4.50. The Morgan fingerprint density at radius 3 is 2.50 bits per heavy atom. The van der Waals surface area contributed by atoms with E-state index in [-0.39, 0.29) is 5.91 Å². The van der Waals surface area contributed by atoms with Gasteiger partial charge in [0.05, 0.1) is 6.42 Å². The Labute approximate surface area is 155 Å². The van der Waals surface area contributed by atoms with E-state index in [1.807, 2.05) is 12.1 Å². The van der Waals surface area contributed by atoms with Gasteiger partial charge in [-0.05, 0) is 49.3 Å². The number of aromatic amines is 1. The van der Waals surface area contributed by atoms with E-state index < -0.39 is 0 Å². The summed E-state index contributed by atoms with van der Waals surface area (Å²) < 4.78 is 0. The first-order valence-electron chi connectivity index (χ1n) is 9.58. The number of carbonyl (C=O) groups is 1. The van der Waals surface area contributed by atoms with Gasteiger partial charge in [0.15, 0.2) is 0 Å². The van der Waals surface area contributed by atoms with Crippen LogP contribution in [0.5, 0.6) is 0 Å². The highest BCUT2D eigenvalue weighted by Crippen LogP contribution is 2.25. The van der Waals surface area contributed by atoms with Crippen LogP contribution in [0, 0.1) is 12.8 Å². The molecule has 1 aliphatic heterocycles. The van der Waals surface area contributed by atoms with Gasteiger partial charge in [-0.3, -0.25) is 4.79 Å². The summed E-state index contributed by atoms with van der Waals surface area (Å²) >= 11 is 0. The number of fused-ring (bicyclic) bond motifs is 1. The Balaban J connectivity index is 1.37. The number of aromatic nitrogens is 1. The van der Waals surface area contributed by atoms with Crippen molar-refractivity contribution in [2.45, 2.75) is 32.6 Å². The fourth-order valence-electron chi connectivity index (χ4n) is 4.16. The minimum atomic E-state index is 0.260. The van der Waals surface area contributed by atoms with E-state index in [1.54, 1.807) is 0 Å². The van der Waals surface area contributed by atoms with Gasteiger partial charge in [-0.25, -0.2) is 0 Å². The second-order valence-electron chi connectivity index (χ2n) is 7.46. The number of para-hydroxylation sites is 1. The Morgan fingerprint density at radius 1 is 1.04 bits per heavy atom. The molecule has 0 unspecified atom stereocenters. The number of nitrogens with one attached hydrogen (secondary N) is 1. The molecule has 134 valence electrons. The molecule has 2 aromatic carbocycles. The van der Waals surface area contributed by atoms with Crippen molar-refractivity contribution in [1.29, 1.82) is 0 Å². The Morgan fingerprint density at radius 2 is 1.73 bits per heavy atom. The summed E-state index contributed by atoms with van der Waals surface area (Å²) in [7, 11) is 0. The van der Waals surface area contributed by atoms with E-state index in [0.717, 1.165) is 49.1 Å². The maximum absolute atomic E-state index is 12.8. The number of piperidine rings is 1. The monoisotopic (exact) mass is 346 g/mol. The highest BCUT2D eigenvalue weighted by molar-refractivity contribution is 5.90. The molecule has 0 aliphatic carbocycles. The van der Waals surface area contributed by atoms with E-state index in [9.17, 15) is 4.79 Å². The molecule has 3 heteroatoms. The highest BCUT2D eigenvalue weighted by Gasteiger charge is 2.24. The molecule has 0 atom stereocenters. The first-order valence-corrected chi connectivity index (χ1v) is 9.58. The lowest BCUT2D eigenvalue weighted by molar-refractivity contribution is -0.131. The molecule has 1 aliphatic rings. The lowest BCUT2D eigenvalue weighted by atomic mass is 9.90. The topological polar surface area (TPSA) is 36.1 Å².